The molecule has 1 heterocycles. The van der Waals surface area contributed by atoms with Crippen molar-refractivity contribution in [1.82, 2.24) is 0 Å². The van der Waals surface area contributed by atoms with Gasteiger partial charge in [0.15, 0.2) is 18.3 Å². The molecule has 9 nitrogen and oxygen atoms in total. The van der Waals surface area contributed by atoms with E-state index in [0.717, 1.165) is 0 Å². The summed E-state index contributed by atoms with van der Waals surface area (Å²) in [6.45, 7) is 3.42. The molecule has 0 spiro atoms. The van der Waals surface area contributed by atoms with Crippen LogP contribution in [0.1, 0.15) is 47.9 Å². The fraction of sp³-hybridized carbons (Fsp3) is 0.211. The molecule has 4 aromatic rings. The van der Waals surface area contributed by atoms with Gasteiger partial charge in [-0.3, -0.25) is 0 Å². The predicted octanol–water partition coefficient (Wildman–Crippen LogP) is 6.55. The van der Waals surface area contributed by atoms with Gasteiger partial charge in [-0.2, -0.15) is 0 Å². The highest BCUT2D eigenvalue weighted by atomic mass is 32.2. The van der Waals surface area contributed by atoms with Gasteiger partial charge in [-0.05, 0) is 60.7 Å². The molecular weight excluding hydrogens is 632 g/mol. The van der Waals surface area contributed by atoms with Gasteiger partial charge in [0.2, 0.25) is 0 Å². The third-order valence-corrected chi connectivity index (χ3v) is 8.52. The number of thioether (sulfide) groups is 1. The molecule has 4 aromatic carbocycles. The molecule has 5 rings (SSSR count). The number of hydrogen-bond donors (Lipinski definition) is 0. The Balaban J connectivity index is 1.53. The summed E-state index contributed by atoms with van der Waals surface area (Å²) in [6, 6.07) is 33.2. The van der Waals surface area contributed by atoms with Crippen molar-refractivity contribution in [2.45, 2.75) is 36.3 Å². The SMILES string of the molecule is C=CCCS[C@H]1O[C@H](COC(=O)c2ccccc2)[C@H](OC(=O)c2ccccc2)[C@H](OC(=O)c2ccccc2)[C@H]1OC(=O)c1ccccc1. The van der Waals surface area contributed by atoms with Gasteiger partial charge < -0.3 is 23.7 Å². The number of rotatable bonds is 13. The Hall–Kier alpha value is -5.19. The van der Waals surface area contributed by atoms with Crippen LogP contribution in [0, 0.1) is 0 Å². The van der Waals surface area contributed by atoms with E-state index in [-0.39, 0.29) is 23.3 Å². The Kier molecular flexibility index (Phi) is 12.2. The molecule has 5 atom stereocenters. The van der Waals surface area contributed by atoms with Gasteiger partial charge in [0, 0.05) is 0 Å². The molecule has 1 saturated heterocycles. The van der Waals surface area contributed by atoms with Crippen LogP contribution in [0.25, 0.3) is 0 Å². The molecule has 0 amide bonds. The van der Waals surface area contributed by atoms with Crippen molar-refractivity contribution in [3.8, 4) is 0 Å². The number of carbonyl (C=O) groups excluding carboxylic acids is 4. The molecule has 246 valence electrons. The summed E-state index contributed by atoms with van der Waals surface area (Å²) in [5.74, 6) is -2.29. The van der Waals surface area contributed by atoms with Crippen LogP contribution in [0.5, 0.6) is 0 Å². The summed E-state index contributed by atoms with van der Waals surface area (Å²) in [4.78, 5) is 53.6. The largest absolute Gasteiger partial charge is 0.459 e. The van der Waals surface area contributed by atoms with Crippen molar-refractivity contribution in [2.75, 3.05) is 12.4 Å². The molecule has 1 aliphatic heterocycles. The zero-order valence-corrected chi connectivity index (χ0v) is 26.7. The standard InChI is InChI=1S/C38H34O9S/c1-2-3-24-48-38-33(47-37(42)29-22-14-7-15-23-29)32(46-36(41)28-20-12-6-13-21-28)31(45-35(40)27-18-10-5-11-19-27)30(44-38)25-43-34(39)26-16-8-4-9-17-26/h2,4-23,30-33,38H,1,3,24-25H2/t30-,31+,32+,33-,38-/m1/s1. The number of hydrogen-bond acceptors (Lipinski definition) is 10. The Morgan fingerprint density at radius 1 is 0.583 bits per heavy atom. The molecule has 10 heteroatoms. The highest BCUT2D eigenvalue weighted by molar-refractivity contribution is 7.99. The van der Waals surface area contributed by atoms with Gasteiger partial charge >= 0.3 is 23.9 Å². The lowest BCUT2D eigenvalue weighted by Crippen LogP contribution is -2.61. The Morgan fingerprint density at radius 3 is 1.42 bits per heavy atom. The molecule has 1 aliphatic rings. The smallest absolute Gasteiger partial charge is 0.338 e. The molecule has 0 aliphatic carbocycles. The number of esters is 4. The van der Waals surface area contributed by atoms with Crippen molar-refractivity contribution >= 4 is 35.6 Å². The average molecular weight is 667 g/mol. The average Bonchev–Trinajstić information content (AvgIpc) is 3.14. The molecule has 0 radical (unpaired) electrons. The highest BCUT2D eigenvalue weighted by Gasteiger charge is 2.53. The second-order valence-electron chi connectivity index (χ2n) is 10.7. The first-order valence-electron chi connectivity index (χ1n) is 15.3. The molecule has 0 bridgehead atoms. The van der Waals surface area contributed by atoms with Gasteiger partial charge in [0.1, 0.15) is 18.1 Å². The first kappa shape index (κ1) is 34.2. The maximum atomic E-state index is 13.6. The minimum absolute atomic E-state index is 0.228. The van der Waals surface area contributed by atoms with Gasteiger partial charge in [0.25, 0.3) is 0 Å². The second kappa shape index (κ2) is 17.1. The fourth-order valence-corrected chi connectivity index (χ4v) is 6.09. The van der Waals surface area contributed by atoms with Crippen LogP contribution < -0.4 is 0 Å². The third-order valence-electron chi connectivity index (χ3n) is 7.34. The van der Waals surface area contributed by atoms with E-state index in [1.807, 2.05) is 0 Å². The summed E-state index contributed by atoms with van der Waals surface area (Å²) in [5.41, 5.74) is 0.111. The van der Waals surface area contributed by atoms with Crippen LogP contribution in [0.4, 0.5) is 0 Å². The summed E-state index contributed by atoms with van der Waals surface area (Å²) in [5, 5.41) is 0. The van der Waals surface area contributed by atoms with Crippen molar-refractivity contribution in [3.05, 3.63) is 156 Å². The van der Waals surface area contributed by atoms with Crippen LogP contribution in [-0.4, -0.2) is 66.1 Å². The second-order valence-corrected chi connectivity index (χ2v) is 11.9. The van der Waals surface area contributed by atoms with Crippen LogP contribution in [0.15, 0.2) is 134 Å². The fourth-order valence-electron chi connectivity index (χ4n) is 4.93. The lowest BCUT2D eigenvalue weighted by molar-refractivity contribution is -0.207. The van der Waals surface area contributed by atoms with E-state index in [0.29, 0.717) is 17.7 Å². The molecule has 0 N–H and O–H groups in total. The number of allylic oxidation sites excluding steroid dienone is 1. The van der Waals surface area contributed by atoms with Gasteiger partial charge in [0.05, 0.1) is 22.3 Å². The van der Waals surface area contributed by atoms with Crippen molar-refractivity contribution in [2.24, 2.45) is 0 Å². The number of benzene rings is 4. The van der Waals surface area contributed by atoms with Gasteiger partial charge in [-0.1, -0.05) is 78.9 Å². The zero-order valence-electron chi connectivity index (χ0n) is 25.9. The summed E-state index contributed by atoms with van der Waals surface area (Å²) in [7, 11) is 0. The quantitative estimate of drug-likeness (QED) is 0.0673. The van der Waals surface area contributed by atoms with Gasteiger partial charge in [-0.25, -0.2) is 19.2 Å². The van der Waals surface area contributed by atoms with Gasteiger partial charge in [-0.15, -0.1) is 18.3 Å². The maximum absolute atomic E-state index is 13.6. The van der Waals surface area contributed by atoms with Crippen LogP contribution >= 0.6 is 11.8 Å². The molecule has 0 unspecified atom stereocenters. The number of ether oxygens (including phenoxy) is 5. The molecule has 0 saturated carbocycles. The molecule has 0 aromatic heterocycles. The Bertz CT molecular complexity index is 1670. The monoisotopic (exact) mass is 666 g/mol. The highest BCUT2D eigenvalue weighted by Crippen LogP contribution is 2.36. The zero-order chi connectivity index (χ0) is 33.7. The van der Waals surface area contributed by atoms with Crippen molar-refractivity contribution in [1.29, 1.82) is 0 Å². The molecular formula is C38H34O9S. The minimum atomic E-state index is -1.37. The number of carbonyl (C=O) groups is 4. The molecule has 48 heavy (non-hydrogen) atoms. The van der Waals surface area contributed by atoms with Crippen LogP contribution in [-0.2, 0) is 23.7 Å². The van der Waals surface area contributed by atoms with Crippen LogP contribution in [0.3, 0.4) is 0 Å². The van der Waals surface area contributed by atoms with Crippen molar-refractivity contribution in [3.63, 3.8) is 0 Å². The van der Waals surface area contributed by atoms with E-state index in [1.165, 1.54) is 11.8 Å². The lowest BCUT2D eigenvalue weighted by atomic mass is 9.98. The minimum Gasteiger partial charge on any atom is -0.459 e. The predicted molar refractivity (Wildman–Crippen MR) is 180 cm³/mol. The summed E-state index contributed by atoms with van der Waals surface area (Å²) >= 11 is 1.30. The first-order chi connectivity index (χ1) is 23.4. The van der Waals surface area contributed by atoms with E-state index in [4.69, 9.17) is 23.7 Å². The van der Waals surface area contributed by atoms with E-state index in [2.05, 4.69) is 6.58 Å². The van der Waals surface area contributed by atoms with E-state index in [1.54, 1.807) is 127 Å². The van der Waals surface area contributed by atoms with Crippen LogP contribution in [0.2, 0.25) is 0 Å². The van der Waals surface area contributed by atoms with E-state index in [9.17, 15) is 19.2 Å². The van der Waals surface area contributed by atoms with Crippen molar-refractivity contribution < 1.29 is 42.9 Å². The maximum Gasteiger partial charge on any atom is 0.338 e. The third kappa shape index (κ3) is 8.99. The normalized spacial score (nSPS) is 20.1. The van der Waals surface area contributed by atoms with E-state index < -0.39 is 53.7 Å². The lowest BCUT2D eigenvalue weighted by Gasteiger charge is -2.44. The topological polar surface area (TPSA) is 114 Å². The summed E-state index contributed by atoms with van der Waals surface area (Å²) < 4.78 is 30.2. The Labute approximate surface area is 282 Å². The molecule has 1 fully saturated rings. The first-order valence-corrected chi connectivity index (χ1v) is 16.4. The van der Waals surface area contributed by atoms with E-state index >= 15 is 0 Å². The summed E-state index contributed by atoms with van der Waals surface area (Å²) in [6.07, 6.45) is -2.76. The Morgan fingerprint density at radius 2 is 0.979 bits per heavy atom.